The van der Waals surface area contributed by atoms with Crippen LogP contribution < -0.4 is 4.74 Å². The van der Waals surface area contributed by atoms with E-state index < -0.39 is 33.9 Å². The highest BCUT2D eigenvalue weighted by molar-refractivity contribution is 5.86. The summed E-state index contributed by atoms with van der Waals surface area (Å²) >= 11 is 0. The van der Waals surface area contributed by atoms with Gasteiger partial charge in [0, 0.05) is 11.6 Å². The van der Waals surface area contributed by atoms with Crippen molar-refractivity contribution in [1.29, 1.82) is 5.26 Å². The Morgan fingerprint density at radius 1 is 1.52 bits per heavy atom. The van der Waals surface area contributed by atoms with Crippen LogP contribution in [0, 0.1) is 41.1 Å². The molecule has 0 aliphatic heterocycles. The topological polar surface area (TPSA) is 128 Å². The molecule has 0 bridgehead atoms. The molecule has 0 spiro atoms. The monoisotopic (exact) mass is 377 g/mol. The van der Waals surface area contributed by atoms with Crippen molar-refractivity contribution >= 4 is 11.7 Å². The molecule has 0 aliphatic rings. The quantitative estimate of drug-likeness (QED) is 0.426. The van der Waals surface area contributed by atoms with E-state index in [-0.39, 0.29) is 17.9 Å². The molecule has 2 aromatic rings. The lowest BCUT2D eigenvalue weighted by Gasteiger charge is -2.15. The number of methoxy groups -OCH3 is 1. The van der Waals surface area contributed by atoms with Gasteiger partial charge in [-0.3, -0.25) is 14.9 Å². The molecular weight excluding hydrogens is 361 g/mol. The number of rotatable bonds is 6. The van der Waals surface area contributed by atoms with E-state index in [1.54, 1.807) is 19.9 Å². The van der Waals surface area contributed by atoms with E-state index in [0.29, 0.717) is 17.0 Å². The van der Waals surface area contributed by atoms with Crippen LogP contribution in [0.15, 0.2) is 10.6 Å². The zero-order valence-corrected chi connectivity index (χ0v) is 15.0. The Morgan fingerprint density at radius 3 is 2.63 bits per heavy atom. The summed E-state index contributed by atoms with van der Waals surface area (Å²) in [5.74, 6) is -4.17. The van der Waals surface area contributed by atoms with Crippen molar-refractivity contribution in [2.75, 3.05) is 13.7 Å². The van der Waals surface area contributed by atoms with E-state index in [4.69, 9.17) is 14.0 Å². The van der Waals surface area contributed by atoms with Gasteiger partial charge in [-0.1, -0.05) is 5.16 Å². The molecular formula is C17H16FN3O6. The lowest BCUT2D eigenvalue weighted by atomic mass is 9.92. The number of hydrogen-bond acceptors (Lipinski definition) is 8. The minimum atomic E-state index is -1.82. The van der Waals surface area contributed by atoms with Crippen molar-refractivity contribution < 1.29 is 28.1 Å². The van der Waals surface area contributed by atoms with E-state index in [1.165, 1.54) is 14.0 Å². The van der Waals surface area contributed by atoms with E-state index >= 15 is 4.39 Å². The highest BCUT2D eigenvalue weighted by Crippen LogP contribution is 2.44. The maximum Gasteiger partial charge on any atom is 0.328 e. The molecule has 10 heteroatoms. The summed E-state index contributed by atoms with van der Waals surface area (Å²) in [6.45, 7) is 4.57. The first-order chi connectivity index (χ1) is 12.8. The number of ether oxygens (including phenoxy) is 2. The van der Waals surface area contributed by atoms with Crippen LogP contribution in [0.2, 0.25) is 0 Å². The Labute approximate surface area is 153 Å². The molecule has 9 nitrogen and oxygen atoms in total. The normalized spacial score (nSPS) is 11.6. The van der Waals surface area contributed by atoms with Gasteiger partial charge in [-0.2, -0.15) is 5.26 Å². The Bertz CT molecular complexity index is 928. The number of hydrogen-bond donors (Lipinski definition) is 0. The Balaban J connectivity index is 2.86. The minimum Gasteiger partial charge on any atom is -0.493 e. The molecule has 2 rings (SSSR count). The van der Waals surface area contributed by atoms with Gasteiger partial charge >= 0.3 is 5.97 Å². The largest absolute Gasteiger partial charge is 0.493 e. The molecule has 0 aliphatic carbocycles. The van der Waals surface area contributed by atoms with Crippen molar-refractivity contribution in [2.45, 2.75) is 26.7 Å². The second-order valence-electron chi connectivity index (χ2n) is 5.47. The van der Waals surface area contributed by atoms with Gasteiger partial charge in [0.15, 0.2) is 17.5 Å². The van der Waals surface area contributed by atoms with Crippen LogP contribution in [-0.4, -0.2) is 29.8 Å². The molecule has 0 saturated heterocycles. The van der Waals surface area contributed by atoms with Crippen LogP contribution in [0.4, 0.5) is 10.1 Å². The van der Waals surface area contributed by atoms with Gasteiger partial charge in [0.1, 0.15) is 5.76 Å². The van der Waals surface area contributed by atoms with Gasteiger partial charge in [0.2, 0.25) is 0 Å². The van der Waals surface area contributed by atoms with Crippen molar-refractivity contribution in [1.82, 2.24) is 5.16 Å². The molecule has 0 fully saturated rings. The number of nitriles is 1. The van der Waals surface area contributed by atoms with Crippen LogP contribution >= 0.6 is 0 Å². The maximum atomic E-state index is 15.2. The first-order valence-electron chi connectivity index (χ1n) is 7.82. The molecule has 1 heterocycles. The summed E-state index contributed by atoms with van der Waals surface area (Å²) in [7, 11) is 1.17. The van der Waals surface area contributed by atoms with Gasteiger partial charge in [0.25, 0.3) is 5.69 Å². The number of esters is 1. The number of benzene rings is 1. The summed E-state index contributed by atoms with van der Waals surface area (Å²) in [5, 5.41) is 24.6. The fraction of sp³-hybridized carbons (Fsp3) is 0.353. The van der Waals surface area contributed by atoms with E-state index in [0.717, 1.165) is 6.07 Å². The lowest BCUT2D eigenvalue weighted by Crippen LogP contribution is -2.18. The highest BCUT2D eigenvalue weighted by Gasteiger charge is 2.37. The molecule has 1 atom stereocenters. The number of aryl methyl sites for hydroxylation is 2. The second-order valence-corrected chi connectivity index (χ2v) is 5.47. The predicted molar refractivity (Wildman–Crippen MR) is 89.6 cm³/mol. The Kier molecular flexibility index (Phi) is 5.75. The molecule has 142 valence electrons. The van der Waals surface area contributed by atoms with Crippen molar-refractivity contribution in [3.05, 3.63) is 39.0 Å². The van der Waals surface area contributed by atoms with E-state index in [1.807, 2.05) is 0 Å². The van der Waals surface area contributed by atoms with Crippen LogP contribution in [0.5, 0.6) is 5.75 Å². The van der Waals surface area contributed by atoms with Gasteiger partial charge in [-0.15, -0.1) is 0 Å². The Hall–Kier alpha value is -3.48. The van der Waals surface area contributed by atoms with Crippen LogP contribution in [0.1, 0.15) is 29.9 Å². The standard InChI is InChI=1S/C17H16FN3O6/c1-5-26-17(22)11(7-19)14-12(21(23)24)6-10(16(25-4)15(14)18)13-8(2)20-27-9(13)3/h6,11H,5H2,1-4H3. The number of halogens is 1. The summed E-state index contributed by atoms with van der Waals surface area (Å²) in [5.41, 5.74) is -0.738. The summed E-state index contributed by atoms with van der Waals surface area (Å²) in [6.07, 6.45) is 0. The minimum absolute atomic E-state index is 0.0299. The summed E-state index contributed by atoms with van der Waals surface area (Å²) < 4.78 is 30.1. The molecule has 1 unspecified atom stereocenters. The van der Waals surface area contributed by atoms with Gasteiger partial charge in [-0.05, 0) is 20.8 Å². The highest BCUT2D eigenvalue weighted by atomic mass is 19.1. The first-order valence-corrected chi connectivity index (χ1v) is 7.82. The molecule has 27 heavy (non-hydrogen) atoms. The zero-order valence-electron chi connectivity index (χ0n) is 15.0. The number of aromatic nitrogens is 1. The second kappa shape index (κ2) is 7.82. The van der Waals surface area contributed by atoms with Crippen LogP contribution in [0.25, 0.3) is 11.1 Å². The van der Waals surface area contributed by atoms with Crippen LogP contribution in [-0.2, 0) is 9.53 Å². The molecule has 1 aromatic heterocycles. The predicted octanol–water partition coefficient (Wildman–Crippen LogP) is 3.18. The number of carbonyl (C=O) groups excluding carboxylic acids is 1. The first kappa shape index (κ1) is 19.8. The van der Waals surface area contributed by atoms with Crippen molar-refractivity contribution in [2.24, 2.45) is 0 Å². The number of nitrogens with zero attached hydrogens (tertiary/aromatic N) is 3. The third kappa shape index (κ3) is 3.44. The zero-order chi connectivity index (χ0) is 20.3. The van der Waals surface area contributed by atoms with E-state index in [2.05, 4.69) is 5.16 Å². The molecule has 0 saturated carbocycles. The smallest absolute Gasteiger partial charge is 0.328 e. The number of nitro groups is 1. The molecule has 0 amide bonds. The average molecular weight is 377 g/mol. The number of nitro benzene ring substituents is 1. The van der Waals surface area contributed by atoms with Crippen molar-refractivity contribution in [3.8, 4) is 22.9 Å². The molecule has 1 aromatic carbocycles. The lowest BCUT2D eigenvalue weighted by molar-refractivity contribution is -0.385. The van der Waals surface area contributed by atoms with Gasteiger partial charge < -0.3 is 14.0 Å². The third-order valence-electron chi connectivity index (χ3n) is 3.88. The Morgan fingerprint density at radius 2 is 2.19 bits per heavy atom. The fourth-order valence-electron chi connectivity index (χ4n) is 2.77. The average Bonchev–Trinajstić information content (AvgIpc) is 2.95. The maximum absolute atomic E-state index is 15.2. The number of carbonyl (C=O) groups is 1. The third-order valence-corrected chi connectivity index (χ3v) is 3.88. The van der Waals surface area contributed by atoms with E-state index in [9.17, 15) is 20.2 Å². The SMILES string of the molecule is CCOC(=O)C(C#N)c1c([N+](=O)[O-])cc(-c2c(C)noc2C)c(OC)c1F. The summed E-state index contributed by atoms with van der Waals surface area (Å²) in [6, 6.07) is 2.60. The molecule has 0 radical (unpaired) electrons. The summed E-state index contributed by atoms with van der Waals surface area (Å²) in [4.78, 5) is 22.7. The van der Waals surface area contributed by atoms with Gasteiger partial charge in [-0.25, -0.2) is 4.39 Å². The van der Waals surface area contributed by atoms with Crippen LogP contribution in [0.3, 0.4) is 0 Å². The molecule has 0 N–H and O–H groups in total. The van der Waals surface area contributed by atoms with Gasteiger partial charge in [0.05, 0.1) is 41.5 Å². The van der Waals surface area contributed by atoms with Crippen molar-refractivity contribution in [3.63, 3.8) is 0 Å². The fourth-order valence-corrected chi connectivity index (χ4v) is 2.77.